The Kier molecular flexibility index (Phi) is 2.19. The first-order chi connectivity index (χ1) is 6.65. The van der Waals surface area contributed by atoms with Gasteiger partial charge >= 0.3 is 5.97 Å². The quantitative estimate of drug-likeness (QED) is 0.764. The van der Waals surface area contributed by atoms with Crippen molar-refractivity contribution in [2.45, 2.75) is 24.7 Å². The summed E-state index contributed by atoms with van der Waals surface area (Å²) < 4.78 is 0. The van der Waals surface area contributed by atoms with E-state index in [-0.39, 0.29) is 0 Å². The maximum Gasteiger partial charge on any atom is 0.314 e. The third-order valence-electron chi connectivity index (χ3n) is 2.90. The Bertz CT molecular complexity index is 374. The van der Waals surface area contributed by atoms with E-state index >= 15 is 0 Å². The number of rotatable bonds is 2. The molecule has 0 bridgehead atoms. The number of nitrogens with zero attached hydrogens (tertiary/aromatic N) is 1. The molecule has 1 saturated carbocycles. The van der Waals surface area contributed by atoms with E-state index in [1.165, 1.54) is 0 Å². The highest BCUT2D eigenvalue weighted by molar-refractivity contribution is 6.29. The molecule has 0 unspecified atom stereocenters. The van der Waals surface area contributed by atoms with Gasteiger partial charge in [-0.2, -0.15) is 0 Å². The van der Waals surface area contributed by atoms with Crippen molar-refractivity contribution in [2.24, 2.45) is 0 Å². The Morgan fingerprint density at radius 1 is 1.57 bits per heavy atom. The lowest BCUT2D eigenvalue weighted by atomic mass is 9.65. The molecule has 1 aromatic rings. The zero-order valence-corrected chi connectivity index (χ0v) is 8.29. The van der Waals surface area contributed by atoms with Crippen molar-refractivity contribution in [2.75, 3.05) is 0 Å². The highest BCUT2D eigenvalue weighted by Crippen LogP contribution is 2.44. The van der Waals surface area contributed by atoms with E-state index in [9.17, 15) is 4.79 Å². The lowest BCUT2D eigenvalue weighted by Gasteiger charge is -2.37. The van der Waals surface area contributed by atoms with Crippen LogP contribution in [0.4, 0.5) is 0 Å². The normalized spacial score (nSPS) is 18.6. The fraction of sp³-hybridized carbons (Fsp3) is 0.400. The largest absolute Gasteiger partial charge is 0.481 e. The topological polar surface area (TPSA) is 50.2 Å². The van der Waals surface area contributed by atoms with Crippen LogP contribution in [0.1, 0.15) is 24.8 Å². The monoisotopic (exact) mass is 211 g/mol. The average Bonchev–Trinajstić information content (AvgIpc) is 2.00. The fourth-order valence-electron chi connectivity index (χ4n) is 1.86. The van der Waals surface area contributed by atoms with Gasteiger partial charge in [-0.3, -0.25) is 4.79 Å². The fourth-order valence-corrected chi connectivity index (χ4v) is 2.03. The van der Waals surface area contributed by atoms with Crippen LogP contribution in [-0.2, 0) is 10.2 Å². The number of pyridine rings is 1. The Hall–Kier alpha value is -1.09. The molecule has 1 heterocycles. The Morgan fingerprint density at radius 3 is 2.71 bits per heavy atom. The molecule has 1 aliphatic rings. The van der Waals surface area contributed by atoms with Crippen LogP contribution < -0.4 is 0 Å². The van der Waals surface area contributed by atoms with E-state index in [1.807, 2.05) is 0 Å². The number of hydrogen-bond acceptors (Lipinski definition) is 2. The molecule has 1 fully saturated rings. The van der Waals surface area contributed by atoms with Crippen LogP contribution in [0.2, 0.25) is 5.15 Å². The minimum Gasteiger partial charge on any atom is -0.481 e. The van der Waals surface area contributed by atoms with E-state index < -0.39 is 11.4 Å². The summed E-state index contributed by atoms with van der Waals surface area (Å²) in [7, 11) is 0. The molecule has 0 atom stereocenters. The average molecular weight is 212 g/mol. The first-order valence-corrected chi connectivity index (χ1v) is 4.88. The molecule has 74 valence electrons. The highest BCUT2D eigenvalue weighted by atomic mass is 35.5. The van der Waals surface area contributed by atoms with Crippen molar-refractivity contribution in [1.82, 2.24) is 4.98 Å². The summed E-state index contributed by atoms with van der Waals surface area (Å²) in [4.78, 5) is 15.0. The molecule has 3 nitrogen and oxygen atoms in total. The van der Waals surface area contributed by atoms with Gasteiger partial charge in [0.05, 0.1) is 5.41 Å². The lowest BCUT2D eigenvalue weighted by molar-refractivity contribution is -0.147. The number of carbonyl (C=O) groups is 1. The predicted molar refractivity (Wildman–Crippen MR) is 52.4 cm³/mol. The van der Waals surface area contributed by atoms with E-state index in [2.05, 4.69) is 4.98 Å². The number of aliphatic carboxylic acids is 1. The van der Waals surface area contributed by atoms with E-state index in [0.717, 1.165) is 12.0 Å². The van der Waals surface area contributed by atoms with Crippen LogP contribution in [0.3, 0.4) is 0 Å². The van der Waals surface area contributed by atoms with Gasteiger partial charge in [0.15, 0.2) is 0 Å². The van der Waals surface area contributed by atoms with Crippen LogP contribution in [0.5, 0.6) is 0 Å². The van der Waals surface area contributed by atoms with E-state index in [0.29, 0.717) is 18.0 Å². The van der Waals surface area contributed by atoms with Gasteiger partial charge in [-0.25, -0.2) is 4.98 Å². The molecule has 1 aliphatic carbocycles. The predicted octanol–water partition coefficient (Wildman–Crippen LogP) is 2.24. The first kappa shape index (κ1) is 9.46. The summed E-state index contributed by atoms with van der Waals surface area (Å²) in [6.07, 6.45) is 3.91. The number of aromatic nitrogens is 1. The van der Waals surface area contributed by atoms with Crippen LogP contribution in [0.15, 0.2) is 18.3 Å². The van der Waals surface area contributed by atoms with Gasteiger partial charge in [-0.05, 0) is 30.5 Å². The summed E-state index contributed by atoms with van der Waals surface area (Å²) in [5.41, 5.74) is 0.0725. The number of carboxylic acids is 1. The van der Waals surface area contributed by atoms with Gasteiger partial charge in [-0.15, -0.1) is 0 Å². The molecule has 0 amide bonds. The van der Waals surface area contributed by atoms with Crippen LogP contribution in [0.25, 0.3) is 0 Å². The third kappa shape index (κ3) is 1.28. The maximum absolute atomic E-state index is 11.2. The minimum atomic E-state index is -0.758. The van der Waals surface area contributed by atoms with Crippen LogP contribution in [-0.4, -0.2) is 16.1 Å². The van der Waals surface area contributed by atoms with Gasteiger partial charge in [0.2, 0.25) is 0 Å². The second kappa shape index (κ2) is 3.24. The van der Waals surface area contributed by atoms with Gasteiger partial charge in [0.25, 0.3) is 0 Å². The number of halogens is 1. The molecule has 0 spiro atoms. The standard InChI is InChI=1S/C10H10ClNO2/c11-8-6-7(2-5-12-8)10(9(13)14)3-1-4-10/h2,5-6H,1,3-4H2,(H,13,14). The van der Waals surface area contributed by atoms with E-state index in [4.69, 9.17) is 16.7 Å². The lowest BCUT2D eigenvalue weighted by Crippen LogP contribution is -2.42. The first-order valence-electron chi connectivity index (χ1n) is 4.50. The molecular formula is C10H10ClNO2. The number of carboxylic acid groups (broad SMARTS) is 1. The number of hydrogen-bond donors (Lipinski definition) is 1. The Balaban J connectivity index is 2.42. The Morgan fingerprint density at radius 2 is 2.29 bits per heavy atom. The van der Waals surface area contributed by atoms with Crippen LogP contribution in [0, 0.1) is 0 Å². The van der Waals surface area contributed by atoms with Crippen molar-refractivity contribution < 1.29 is 9.90 Å². The highest BCUT2D eigenvalue weighted by Gasteiger charge is 2.45. The van der Waals surface area contributed by atoms with Gasteiger partial charge in [0, 0.05) is 6.20 Å². The molecule has 0 radical (unpaired) electrons. The summed E-state index contributed by atoms with van der Waals surface area (Å²) in [6.45, 7) is 0. The minimum absolute atomic E-state index is 0.357. The molecule has 14 heavy (non-hydrogen) atoms. The van der Waals surface area contributed by atoms with Crippen LogP contribution >= 0.6 is 11.6 Å². The summed E-state index contributed by atoms with van der Waals surface area (Å²) in [6, 6.07) is 3.38. The molecule has 1 N–H and O–H groups in total. The summed E-state index contributed by atoms with van der Waals surface area (Å²) >= 11 is 5.73. The van der Waals surface area contributed by atoms with Crippen molar-refractivity contribution in [3.8, 4) is 0 Å². The molecule has 4 heteroatoms. The van der Waals surface area contributed by atoms with Gasteiger partial charge in [0.1, 0.15) is 5.15 Å². The summed E-state index contributed by atoms with van der Waals surface area (Å²) in [5.74, 6) is -0.758. The molecule has 0 saturated heterocycles. The van der Waals surface area contributed by atoms with Crippen molar-refractivity contribution in [1.29, 1.82) is 0 Å². The second-order valence-corrected chi connectivity index (χ2v) is 4.00. The zero-order valence-electron chi connectivity index (χ0n) is 7.53. The van der Waals surface area contributed by atoms with Crippen molar-refractivity contribution >= 4 is 17.6 Å². The third-order valence-corrected chi connectivity index (χ3v) is 3.10. The van der Waals surface area contributed by atoms with E-state index in [1.54, 1.807) is 18.3 Å². The van der Waals surface area contributed by atoms with Gasteiger partial charge in [-0.1, -0.05) is 18.0 Å². The van der Waals surface area contributed by atoms with Gasteiger partial charge < -0.3 is 5.11 Å². The molecule has 0 aromatic carbocycles. The molecular weight excluding hydrogens is 202 g/mol. The Labute approximate surface area is 86.7 Å². The maximum atomic E-state index is 11.2. The zero-order chi connectivity index (χ0) is 10.2. The molecule has 0 aliphatic heterocycles. The molecule has 1 aromatic heterocycles. The van der Waals surface area contributed by atoms with Crippen molar-refractivity contribution in [3.63, 3.8) is 0 Å². The smallest absolute Gasteiger partial charge is 0.314 e. The SMILES string of the molecule is O=C(O)C1(c2ccnc(Cl)c2)CCC1. The van der Waals surface area contributed by atoms with Crippen molar-refractivity contribution in [3.05, 3.63) is 29.0 Å². The molecule has 2 rings (SSSR count). The second-order valence-electron chi connectivity index (χ2n) is 3.61. The summed E-state index contributed by atoms with van der Waals surface area (Å²) in [5, 5.41) is 9.52.